The Morgan fingerprint density at radius 1 is 1.30 bits per heavy atom. The second-order valence-corrected chi connectivity index (χ2v) is 7.12. The van der Waals surface area contributed by atoms with Gasteiger partial charge in [-0.2, -0.15) is 0 Å². The number of nitrogens with zero attached hydrogens (tertiary/aromatic N) is 1. The summed E-state index contributed by atoms with van der Waals surface area (Å²) in [5.41, 5.74) is 9.13. The van der Waals surface area contributed by atoms with Gasteiger partial charge >= 0.3 is 0 Å². The molecule has 0 atom stereocenters. The Hall–Kier alpha value is -2.11. The molecule has 4 rings (SSSR count). The minimum absolute atomic E-state index is 0.0376. The number of carboxylic acid groups (broad SMARTS) is 1. The number of hydrogen-bond donors (Lipinski definition) is 1. The Morgan fingerprint density at radius 2 is 2.00 bits per heavy atom. The number of hydrogen-bond acceptors (Lipinski definition) is 5. The van der Waals surface area contributed by atoms with Crippen molar-refractivity contribution in [2.75, 3.05) is 5.73 Å². The van der Waals surface area contributed by atoms with Gasteiger partial charge in [0.1, 0.15) is 4.83 Å². The van der Waals surface area contributed by atoms with Crippen molar-refractivity contribution in [1.29, 1.82) is 0 Å². The number of benzene rings is 1. The molecule has 2 aromatic heterocycles. The van der Waals surface area contributed by atoms with Crippen LogP contribution in [0.1, 0.15) is 34.1 Å². The zero-order valence-electron chi connectivity index (χ0n) is 12.0. The first-order chi connectivity index (χ1) is 11.0. The number of carboxylic acids is 1. The van der Waals surface area contributed by atoms with E-state index in [1.807, 2.05) is 30.3 Å². The number of fused-ring (bicyclic) bond motifs is 1. The lowest BCUT2D eigenvalue weighted by molar-refractivity contribution is -0.254. The SMILES string of the molecule is Nc1c(C(=O)[O-])sc2nc(C3CC3)cc(-c3ccc(Cl)cc3)c12. The molecule has 0 saturated heterocycles. The number of carbonyl (C=O) groups excluding carboxylic acids is 1. The smallest absolute Gasteiger partial charge is 0.126 e. The van der Waals surface area contributed by atoms with Gasteiger partial charge in [-0.3, -0.25) is 0 Å². The van der Waals surface area contributed by atoms with Gasteiger partial charge in [-0.05, 0) is 42.2 Å². The second-order valence-electron chi connectivity index (χ2n) is 5.69. The Morgan fingerprint density at radius 3 is 2.61 bits per heavy atom. The molecule has 6 heteroatoms. The van der Waals surface area contributed by atoms with Gasteiger partial charge in [0.05, 0.1) is 16.5 Å². The van der Waals surface area contributed by atoms with E-state index in [4.69, 9.17) is 17.3 Å². The first kappa shape index (κ1) is 14.5. The lowest BCUT2D eigenvalue weighted by atomic mass is 10.0. The van der Waals surface area contributed by atoms with E-state index in [1.54, 1.807) is 0 Å². The molecule has 23 heavy (non-hydrogen) atoms. The summed E-state index contributed by atoms with van der Waals surface area (Å²) >= 11 is 7.04. The number of pyridine rings is 1. The van der Waals surface area contributed by atoms with Crippen LogP contribution in [0.4, 0.5) is 5.69 Å². The van der Waals surface area contributed by atoms with Crippen LogP contribution < -0.4 is 10.8 Å². The van der Waals surface area contributed by atoms with Crippen molar-refractivity contribution in [3.8, 4) is 11.1 Å². The van der Waals surface area contributed by atoms with Crippen molar-refractivity contribution in [2.45, 2.75) is 18.8 Å². The number of aromatic carboxylic acids is 1. The minimum atomic E-state index is -1.26. The van der Waals surface area contributed by atoms with Crippen molar-refractivity contribution in [1.82, 2.24) is 4.98 Å². The standard InChI is InChI=1S/C17H13ClN2O2S/c18-10-5-3-8(4-6-10)11-7-12(9-1-2-9)20-16-13(11)14(19)15(23-16)17(21)22/h3-7,9H,1-2,19H2,(H,21,22)/p-1. The molecule has 2 heterocycles. The van der Waals surface area contributed by atoms with Crippen LogP contribution in [0.5, 0.6) is 0 Å². The van der Waals surface area contributed by atoms with Gasteiger partial charge < -0.3 is 15.6 Å². The van der Waals surface area contributed by atoms with Crippen LogP contribution in [0, 0.1) is 0 Å². The lowest BCUT2D eigenvalue weighted by Crippen LogP contribution is -2.21. The normalized spacial score (nSPS) is 14.3. The zero-order valence-corrected chi connectivity index (χ0v) is 13.6. The van der Waals surface area contributed by atoms with Gasteiger partial charge in [0, 0.05) is 22.0 Å². The highest BCUT2D eigenvalue weighted by Crippen LogP contribution is 2.45. The average molecular weight is 344 g/mol. The van der Waals surface area contributed by atoms with E-state index in [-0.39, 0.29) is 10.6 Å². The summed E-state index contributed by atoms with van der Waals surface area (Å²) < 4.78 is 0. The first-order valence-electron chi connectivity index (χ1n) is 7.25. The van der Waals surface area contributed by atoms with Crippen molar-refractivity contribution in [2.24, 2.45) is 0 Å². The maximum absolute atomic E-state index is 11.3. The Bertz CT molecular complexity index is 930. The monoisotopic (exact) mass is 343 g/mol. The molecule has 0 aliphatic heterocycles. The molecule has 1 fully saturated rings. The highest BCUT2D eigenvalue weighted by atomic mass is 35.5. The summed E-state index contributed by atoms with van der Waals surface area (Å²) in [4.78, 5) is 16.6. The maximum Gasteiger partial charge on any atom is 0.126 e. The minimum Gasteiger partial charge on any atom is -0.544 e. The molecule has 1 aliphatic rings. The second kappa shape index (κ2) is 5.22. The van der Waals surface area contributed by atoms with Crippen LogP contribution in [0.15, 0.2) is 30.3 Å². The summed E-state index contributed by atoms with van der Waals surface area (Å²) in [6.07, 6.45) is 2.24. The van der Waals surface area contributed by atoms with Crippen molar-refractivity contribution in [3.05, 3.63) is 45.9 Å². The van der Waals surface area contributed by atoms with E-state index in [0.717, 1.165) is 41.0 Å². The Kier molecular flexibility index (Phi) is 3.28. The molecule has 116 valence electrons. The van der Waals surface area contributed by atoms with Gasteiger partial charge in [0.2, 0.25) is 0 Å². The van der Waals surface area contributed by atoms with E-state index >= 15 is 0 Å². The fraction of sp³-hybridized carbons (Fsp3) is 0.176. The van der Waals surface area contributed by atoms with E-state index in [9.17, 15) is 9.90 Å². The summed E-state index contributed by atoms with van der Waals surface area (Å²) in [6.45, 7) is 0. The highest BCUT2D eigenvalue weighted by Gasteiger charge is 2.27. The Balaban J connectivity index is 2.03. The third kappa shape index (κ3) is 2.46. The fourth-order valence-electron chi connectivity index (χ4n) is 2.74. The summed E-state index contributed by atoms with van der Waals surface area (Å²) in [5.74, 6) is -0.805. The predicted molar refractivity (Wildman–Crippen MR) is 90.8 cm³/mol. The van der Waals surface area contributed by atoms with E-state index in [1.165, 1.54) is 0 Å². The highest BCUT2D eigenvalue weighted by molar-refractivity contribution is 7.21. The molecule has 0 amide bonds. The average Bonchev–Trinajstić information content (AvgIpc) is 3.32. The summed E-state index contributed by atoms with van der Waals surface area (Å²) in [5, 5.41) is 12.6. The molecule has 0 unspecified atom stereocenters. The number of carbonyl (C=O) groups is 1. The third-order valence-electron chi connectivity index (χ3n) is 4.06. The summed E-state index contributed by atoms with van der Waals surface area (Å²) in [7, 11) is 0. The van der Waals surface area contributed by atoms with E-state index in [0.29, 0.717) is 21.2 Å². The van der Waals surface area contributed by atoms with Gasteiger partial charge in [-0.25, -0.2) is 4.98 Å². The number of nitrogen functional groups attached to an aromatic ring is 1. The molecule has 1 aliphatic carbocycles. The van der Waals surface area contributed by atoms with E-state index < -0.39 is 5.97 Å². The number of thiophene rings is 1. The maximum atomic E-state index is 11.3. The van der Waals surface area contributed by atoms with Crippen molar-refractivity contribution < 1.29 is 9.90 Å². The molecule has 2 N–H and O–H groups in total. The Labute approximate surface area is 141 Å². The zero-order chi connectivity index (χ0) is 16.1. The molecule has 1 saturated carbocycles. The van der Waals surface area contributed by atoms with Crippen LogP contribution >= 0.6 is 22.9 Å². The van der Waals surface area contributed by atoms with Crippen LogP contribution in [0.2, 0.25) is 5.02 Å². The van der Waals surface area contributed by atoms with Gasteiger partial charge in [0.15, 0.2) is 0 Å². The van der Waals surface area contributed by atoms with Crippen LogP contribution in [-0.2, 0) is 0 Å². The van der Waals surface area contributed by atoms with Crippen molar-refractivity contribution in [3.63, 3.8) is 0 Å². The molecule has 3 aromatic rings. The number of anilines is 1. The largest absolute Gasteiger partial charge is 0.544 e. The lowest BCUT2D eigenvalue weighted by Gasteiger charge is -2.08. The van der Waals surface area contributed by atoms with E-state index in [2.05, 4.69) is 4.98 Å². The molecule has 4 nitrogen and oxygen atoms in total. The van der Waals surface area contributed by atoms with Gasteiger partial charge in [-0.1, -0.05) is 23.7 Å². The number of rotatable bonds is 3. The molecular weight excluding hydrogens is 332 g/mol. The van der Waals surface area contributed by atoms with Crippen LogP contribution in [0.25, 0.3) is 21.3 Å². The van der Waals surface area contributed by atoms with Gasteiger partial charge in [0.25, 0.3) is 0 Å². The number of halogens is 1. The molecule has 0 bridgehead atoms. The predicted octanol–water partition coefficient (Wildman–Crippen LogP) is 3.44. The molecular formula is C17H12ClN2O2S-. The molecule has 0 spiro atoms. The van der Waals surface area contributed by atoms with Crippen LogP contribution in [0.3, 0.4) is 0 Å². The quantitative estimate of drug-likeness (QED) is 0.790. The van der Waals surface area contributed by atoms with Crippen LogP contribution in [-0.4, -0.2) is 11.0 Å². The van der Waals surface area contributed by atoms with Gasteiger partial charge in [-0.15, -0.1) is 11.3 Å². The molecule has 0 radical (unpaired) electrons. The summed E-state index contributed by atoms with van der Waals surface area (Å²) in [6, 6.07) is 9.45. The first-order valence-corrected chi connectivity index (χ1v) is 8.44. The molecule has 1 aromatic carbocycles. The number of nitrogens with two attached hydrogens (primary N) is 1. The topological polar surface area (TPSA) is 79.0 Å². The third-order valence-corrected chi connectivity index (χ3v) is 5.39. The fourth-order valence-corrected chi connectivity index (χ4v) is 3.82. The number of aromatic nitrogens is 1. The van der Waals surface area contributed by atoms with Crippen molar-refractivity contribution >= 4 is 44.8 Å².